The van der Waals surface area contributed by atoms with Crippen LogP contribution in [0.4, 0.5) is 5.88 Å². The summed E-state index contributed by atoms with van der Waals surface area (Å²) in [5.41, 5.74) is 3.10. The van der Waals surface area contributed by atoms with E-state index in [2.05, 4.69) is 42.9 Å². The minimum absolute atomic E-state index is 0.313. The third-order valence-electron chi connectivity index (χ3n) is 4.13. The number of aryl methyl sites for hydroxylation is 1. The Morgan fingerprint density at radius 2 is 1.82 bits per heavy atom. The van der Waals surface area contributed by atoms with Crippen LogP contribution in [0, 0.1) is 25.2 Å². The van der Waals surface area contributed by atoms with Gasteiger partial charge in [0.05, 0.1) is 8.95 Å². The van der Waals surface area contributed by atoms with Crippen LogP contribution in [0.5, 0.6) is 5.75 Å². The number of rotatable bonds is 5. The molecule has 0 N–H and O–H groups in total. The first-order chi connectivity index (χ1) is 13.4. The molecule has 7 heteroatoms. The van der Waals surface area contributed by atoms with Gasteiger partial charge in [0.2, 0.25) is 5.88 Å². The van der Waals surface area contributed by atoms with Gasteiger partial charge in [-0.25, -0.2) is 4.99 Å². The summed E-state index contributed by atoms with van der Waals surface area (Å²) >= 11 is 13.0. The Bertz CT molecular complexity index is 1060. The van der Waals surface area contributed by atoms with Gasteiger partial charge in [-0.15, -0.1) is 0 Å². The molecule has 0 radical (unpaired) electrons. The summed E-state index contributed by atoms with van der Waals surface area (Å²) in [4.78, 5) is 4.33. The molecule has 2 aromatic carbocycles. The number of ether oxygens (including phenoxy) is 1. The first-order valence-corrected chi connectivity index (χ1v) is 10.3. The molecule has 3 aromatic rings. The second-order valence-electron chi connectivity index (χ2n) is 6.06. The van der Waals surface area contributed by atoms with Crippen LogP contribution in [0.2, 0.25) is 5.02 Å². The number of nitriles is 1. The molecule has 1 heterocycles. The Kier molecular flexibility index (Phi) is 6.61. The molecule has 142 valence electrons. The molecule has 0 bridgehead atoms. The van der Waals surface area contributed by atoms with Crippen LogP contribution in [-0.2, 0) is 6.61 Å². The van der Waals surface area contributed by atoms with Crippen molar-refractivity contribution in [1.29, 1.82) is 5.26 Å². The fourth-order valence-corrected chi connectivity index (χ4v) is 4.07. The van der Waals surface area contributed by atoms with Crippen molar-refractivity contribution < 1.29 is 9.15 Å². The maximum atomic E-state index is 9.28. The van der Waals surface area contributed by atoms with Crippen molar-refractivity contribution in [2.75, 3.05) is 0 Å². The summed E-state index contributed by atoms with van der Waals surface area (Å²) in [7, 11) is 0. The minimum atomic E-state index is 0.313. The SMILES string of the molecule is Cc1oc(N=Cc2cc(Br)c(OCc3ccc(Cl)cc3)c(Br)c2)c(C#N)c1C. The summed E-state index contributed by atoms with van der Waals surface area (Å²) in [5, 5.41) is 9.97. The van der Waals surface area contributed by atoms with Crippen molar-refractivity contribution in [2.24, 2.45) is 4.99 Å². The fourth-order valence-electron chi connectivity index (χ4n) is 2.49. The number of benzene rings is 2. The minimum Gasteiger partial charge on any atom is -0.487 e. The number of halogens is 3. The smallest absolute Gasteiger partial charge is 0.237 e. The van der Waals surface area contributed by atoms with E-state index in [-0.39, 0.29) is 0 Å². The topological polar surface area (TPSA) is 58.5 Å². The lowest BCUT2D eigenvalue weighted by Gasteiger charge is -2.11. The van der Waals surface area contributed by atoms with Gasteiger partial charge in [-0.2, -0.15) is 5.26 Å². The van der Waals surface area contributed by atoms with Gasteiger partial charge in [0.25, 0.3) is 0 Å². The summed E-state index contributed by atoms with van der Waals surface area (Å²) in [5.74, 6) is 1.69. The molecule has 0 amide bonds. The van der Waals surface area contributed by atoms with E-state index in [0.717, 1.165) is 25.6 Å². The molecule has 0 saturated carbocycles. The van der Waals surface area contributed by atoms with E-state index in [0.29, 0.717) is 34.6 Å². The maximum absolute atomic E-state index is 9.28. The first-order valence-electron chi connectivity index (χ1n) is 8.29. The summed E-state index contributed by atoms with van der Waals surface area (Å²) in [6, 6.07) is 13.4. The van der Waals surface area contributed by atoms with Crippen molar-refractivity contribution >= 4 is 55.6 Å². The lowest BCUT2D eigenvalue weighted by Crippen LogP contribution is -1.97. The first kappa shape index (κ1) is 20.7. The Morgan fingerprint density at radius 1 is 1.18 bits per heavy atom. The maximum Gasteiger partial charge on any atom is 0.237 e. The van der Waals surface area contributed by atoms with Gasteiger partial charge >= 0.3 is 0 Å². The highest BCUT2D eigenvalue weighted by molar-refractivity contribution is 9.11. The molecule has 0 unspecified atom stereocenters. The van der Waals surface area contributed by atoms with E-state index >= 15 is 0 Å². The van der Waals surface area contributed by atoms with Crippen molar-refractivity contribution in [3.8, 4) is 11.8 Å². The predicted octanol–water partition coefficient (Wildman–Crippen LogP) is 7.28. The average Bonchev–Trinajstić information content (AvgIpc) is 2.94. The molecule has 1 aromatic heterocycles. The highest BCUT2D eigenvalue weighted by atomic mass is 79.9. The molecule has 0 saturated heterocycles. The second kappa shape index (κ2) is 8.95. The average molecular weight is 523 g/mol. The van der Waals surface area contributed by atoms with Crippen LogP contribution >= 0.6 is 43.5 Å². The van der Waals surface area contributed by atoms with Gasteiger partial charge in [0.15, 0.2) is 0 Å². The van der Waals surface area contributed by atoms with E-state index < -0.39 is 0 Å². The van der Waals surface area contributed by atoms with Gasteiger partial charge in [-0.3, -0.25) is 0 Å². The lowest BCUT2D eigenvalue weighted by atomic mass is 10.2. The molecule has 0 aliphatic carbocycles. The van der Waals surface area contributed by atoms with Crippen LogP contribution in [0.3, 0.4) is 0 Å². The van der Waals surface area contributed by atoms with Gasteiger partial charge in [-0.1, -0.05) is 23.7 Å². The van der Waals surface area contributed by atoms with Gasteiger partial charge in [0, 0.05) is 16.8 Å². The monoisotopic (exact) mass is 520 g/mol. The van der Waals surface area contributed by atoms with Crippen LogP contribution in [0.1, 0.15) is 28.0 Å². The molecule has 28 heavy (non-hydrogen) atoms. The second-order valence-corrected chi connectivity index (χ2v) is 8.21. The molecule has 0 aliphatic heterocycles. The van der Waals surface area contributed by atoms with Gasteiger partial charge in [0.1, 0.15) is 29.7 Å². The molecule has 0 fully saturated rings. The van der Waals surface area contributed by atoms with E-state index in [4.69, 9.17) is 20.8 Å². The Balaban J connectivity index is 1.79. The zero-order chi connectivity index (χ0) is 20.3. The van der Waals surface area contributed by atoms with Crippen molar-refractivity contribution in [1.82, 2.24) is 0 Å². The predicted molar refractivity (Wildman–Crippen MR) is 118 cm³/mol. The molecule has 4 nitrogen and oxygen atoms in total. The molecule has 0 atom stereocenters. The fraction of sp³-hybridized carbons (Fsp3) is 0.143. The van der Waals surface area contributed by atoms with E-state index in [1.807, 2.05) is 50.2 Å². The van der Waals surface area contributed by atoms with Crippen LogP contribution in [-0.4, -0.2) is 6.21 Å². The zero-order valence-corrected chi connectivity index (χ0v) is 19.0. The lowest BCUT2D eigenvalue weighted by molar-refractivity contribution is 0.302. The summed E-state index contributed by atoms with van der Waals surface area (Å²) < 4.78 is 13.0. The highest BCUT2D eigenvalue weighted by Gasteiger charge is 2.13. The van der Waals surface area contributed by atoms with Crippen LogP contribution < -0.4 is 4.74 Å². The highest BCUT2D eigenvalue weighted by Crippen LogP contribution is 2.35. The Morgan fingerprint density at radius 3 is 2.43 bits per heavy atom. The number of aliphatic imine (C=N–C) groups is 1. The van der Waals surface area contributed by atoms with E-state index in [9.17, 15) is 5.26 Å². The van der Waals surface area contributed by atoms with Crippen LogP contribution in [0.25, 0.3) is 0 Å². The number of hydrogen-bond acceptors (Lipinski definition) is 4. The van der Waals surface area contributed by atoms with Crippen molar-refractivity contribution in [3.63, 3.8) is 0 Å². The number of nitrogens with zero attached hydrogens (tertiary/aromatic N) is 2. The zero-order valence-electron chi connectivity index (χ0n) is 15.1. The largest absolute Gasteiger partial charge is 0.487 e. The molecule has 3 rings (SSSR count). The van der Waals surface area contributed by atoms with E-state index in [1.165, 1.54) is 0 Å². The quantitative estimate of drug-likeness (QED) is 0.331. The van der Waals surface area contributed by atoms with Crippen LogP contribution in [0.15, 0.2) is 54.8 Å². The molecular formula is C21H15Br2ClN2O2. The Labute approximate surface area is 185 Å². The summed E-state index contributed by atoms with van der Waals surface area (Å²) in [6.07, 6.45) is 1.65. The third kappa shape index (κ3) is 4.67. The Hall–Kier alpha value is -2.07. The van der Waals surface area contributed by atoms with E-state index in [1.54, 1.807) is 6.21 Å². The number of furan rings is 1. The van der Waals surface area contributed by atoms with Gasteiger partial charge < -0.3 is 9.15 Å². The van der Waals surface area contributed by atoms with Crippen molar-refractivity contribution in [2.45, 2.75) is 20.5 Å². The normalized spacial score (nSPS) is 11.0. The molecule has 0 aliphatic rings. The molecular weight excluding hydrogens is 508 g/mol. The number of hydrogen-bond donors (Lipinski definition) is 0. The third-order valence-corrected chi connectivity index (χ3v) is 5.56. The van der Waals surface area contributed by atoms with Crippen molar-refractivity contribution in [3.05, 3.63) is 78.4 Å². The standard InChI is InChI=1S/C21H15Br2ClN2O2/c1-12-13(2)28-21(17(12)9-25)26-10-15-7-18(22)20(19(23)8-15)27-11-14-3-5-16(24)6-4-14/h3-8,10H,11H2,1-2H3. The van der Waals surface area contributed by atoms with Gasteiger partial charge in [-0.05, 0) is 81.1 Å². The molecule has 0 spiro atoms. The summed E-state index contributed by atoms with van der Waals surface area (Å²) in [6.45, 7) is 4.07.